The fourth-order valence-electron chi connectivity index (χ4n) is 2.49. The number of esters is 1. The number of carbonyl (C=O) groups is 1. The third-order valence-corrected chi connectivity index (χ3v) is 3.51. The van der Waals surface area contributed by atoms with Crippen LogP contribution in [0.15, 0.2) is 54.7 Å². The Morgan fingerprint density at radius 1 is 1.19 bits per heavy atom. The molecule has 21 heavy (non-hydrogen) atoms. The van der Waals surface area contributed by atoms with Gasteiger partial charge in [0.2, 0.25) is 0 Å². The summed E-state index contributed by atoms with van der Waals surface area (Å²) in [5.74, 6) is -0.336. The first kappa shape index (κ1) is 13.2. The minimum Gasteiger partial charge on any atom is -0.465 e. The van der Waals surface area contributed by atoms with Gasteiger partial charge in [0.1, 0.15) is 0 Å². The van der Waals surface area contributed by atoms with Crippen LogP contribution in [0.1, 0.15) is 15.9 Å². The van der Waals surface area contributed by atoms with E-state index in [-0.39, 0.29) is 5.97 Å². The maximum atomic E-state index is 11.9. The van der Waals surface area contributed by atoms with Crippen molar-refractivity contribution in [1.82, 2.24) is 4.57 Å². The Labute approximate surface area is 122 Å². The molecule has 0 aliphatic heterocycles. The van der Waals surface area contributed by atoms with Crippen LogP contribution in [0.2, 0.25) is 0 Å². The van der Waals surface area contributed by atoms with Gasteiger partial charge in [-0.1, -0.05) is 30.3 Å². The maximum absolute atomic E-state index is 11.9. The Morgan fingerprint density at radius 3 is 2.67 bits per heavy atom. The molecule has 2 N–H and O–H groups in total. The number of aromatic nitrogens is 1. The quantitative estimate of drug-likeness (QED) is 0.592. The molecule has 0 aliphatic carbocycles. The van der Waals surface area contributed by atoms with E-state index < -0.39 is 0 Å². The molecule has 3 aromatic rings. The Bertz CT molecular complexity index is 791. The van der Waals surface area contributed by atoms with Gasteiger partial charge in [0.05, 0.1) is 18.2 Å². The maximum Gasteiger partial charge on any atom is 0.340 e. The van der Waals surface area contributed by atoms with E-state index >= 15 is 0 Å². The summed E-state index contributed by atoms with van der Waals surface area (Å²) in [6, 6.07) is 15.6. The van der Waals surface area contributed by atoms with E-state index in [1.54, 1.807) is 6.07 Å². The lowest BCUT2D eigenvalue weighted by Gasteiger charge is -2.05. The van der Waals surface area contributed by atoms with Crippen molar-refractivity contribution in [1.29, 1.82) is 0 Å². The van der Waals surface area contributed by atoms with Crippen LogP contribution >= 0.6 is 0 Å². The number of carbonyl (C=O) groups excluding carboxylic acids is 1. The monoisotopic (exact) mass is 280 g/mol. The fourth-order valence-corrected chi connectivity index (χ4v) is 2.49. The Morgan fingerprint density at radius 2 is 1.95 bits per heavy atom. The van der Waals surface area contributed by atoms with E-state index in [9.17, 15) is 4.79 Å². The average molecular weight is 280 g/mol. The average Bonchev–Trinajstić information content (AvgIpc) is 2.85. The van der Waals surface area contributed by atoms with Gasteiger partial charge in [0, 0.05) is 23.8 Å². The predicted octanol–water partition coefficient (Wildman–Crippen LogP) is 3.06. The van der Waals surface area contributed by atoms with Gasteiger partial charge in [-0.15, -0.1) is 0 Å². The van der Waals surface area contributed by atoms with Gasteiger partial charge in [-0.05, 0) is 23.8 Å². The van der Waals surface area contributed by atoms with Crippen molar-refractivity contribution in [3.8, 4) is 0 Å². The zero-order valence-electron chi connectivity index (χ0n) is 11.7. The molecule has 0 spiro atoms. The number of ether oxygens (including phenoxy) is 1. The molecule has 0 saturated heterocycles. The summed E-state index contributed by atoms with van der Waals surface area (Å²) in [5, 5.41) is 0.854. The Kier molecular flexibility index (Phi) is 3.36. The molecule has 106 valence electrons. The first-order valence-electron chi connectivity index (χ1n) is 6.69. The molecule has 0 radical (unpaired) electrons. The van der Waals surface area contributed by atoms with Crippen LogP contribution < -0.4 is 5.73 Å². The SMILES string of the molecule is COC(=O)c1cn(Cc2ccccc2)c2cc(N)ccc12. The molecule has 0 saturated carbocycles. The van der Waals surface area contributed by atoms with Crippen molar-refractivity contribution >= 4 is 22.6 Å². The highest BCUT2D eigenvalue weighted by atomic mass is 16.5. The van der Waals surface area contributed by atoms with Crippen LogP contribution in [0.3, 0.4) is 0 Å². The second kappa shape index (κ2) is 5.32. The summed E-state index contributed by atoms with van der Waals surface area (Å²) >= 11 is 0. The predicted molar refractivity (Wildman–Crippen MR) is 83.2 cm³/mol. The van der Waals surface area contributed by atoms with E-state index in [1.165, 1.54) is 7.11 Å². The first-order chi connectivity index (χ1) is 10.2. The summed E-state index contributed by atoms with van der Waals surface area (Å²) in [4.78, 5) is 11.9. The highest BCUT2D eigenvalue weighted by Gasteiger charge is 2.15. The van der Waals surface area contributed by atoms with Gasteiger partial charge in [0.15, 0.2) is 0 Å². The fraction of sp³-hybridized carbons (Fsp3) is 0.118. The van der Waals surface area contributed by atoms with E-state index in [2.05, 4.69) is 12.1 Å². The summed E-state index contributed by atoms with van der Waals surface area (Å²) in [6.45, 7) is 0.678. The summed E-state index contributed by atoms with van der Waals surface area (Å²) in [5.41, 5.74) is 9.20. The number of fused-ring (bicyclic) bond motifs is 1. The molecule has 3 rings (SSSR count). The molecule has 4 heteroatoms. The van der Waals surface area contributed by atoms with Crippen molar-refractivity contribution in [2.75, 3.05) is 12.8 Å². The zero-order valence-corrected chi connectivity index (χ0v) is 11.7. The zero-order chi connectivity index (χ0) is 14.8. The van der Waals surface area contributed by atoms with Crippen LogP contribution in [-0.4, -0.2) is 17.6 Å². The number of methoxy groups -OCH3 is 1. The third kappa shape index (κ3) is 2.48. The van der Waals surface area contributed by atoms with Crippen LogP contribution in [0.5, 0.6) is 0 Å². The normalized spacial score (nSPS) is 10.7. The molecule has 0 bridgehead atoms. The Balaban J connectivity index is 2.13. The van der Waals surface area contributed by atoms with Crippen molar-refractivity contribution in [3.05, 3.63) is 65.9 Å². The van der Waals surface area contributed by atoms with Gasteiger partial charge in [-0.2, -0.15) is 0 Å². The van der Waals surface area contributed by atoms with Crippen LogP contribution in [0, 0.1) is 0 Å². The highest BCUT2D eigenvalue weighted by molar-refractivity contribution is 6.05. The van der Waals surface area contributed by atoms with E-state index in [0.29, 0.717) is 17.8 Å². The number of benzene rings is 2. The summed E-state index contributed by atoms with van der Waals surface area (Å²) < 4.78 is 6.88. The number of anilines is 1. The molecule has 0 aliphatic rings. The minimum absolute atomic E-state index is 0.336. The van der Waals surface area contributed by atoms with Gasteiger partial charge < -0.3 is 15.0 Å². The van der Waals surface area contributed by atoms with Crippen LogP contribution in [0.25, 0.3) is 10.9 Å². The number of hydrogen-bond acceptors (Lipinski definition) is 3. The number of nitrogens with zero attached hydrogens (tertiary/aromatic N) is 1. The second-order valence-electron chi connectivity index (χ2n) is 4.92. The summed E-state index contributed by atoms with van der Waals surface area (Å²) in [6.07, 6.45) is 1.82. The minimum atomic E-state index is -0.336. The number of nitrogens with two attached hydrogens (primary N) is 1. The van der Waals surface area contributed by atoms with Crippen molar-refractivity contribution in [2.24, 2.45) is 0 Å². The smallest absolute Gasteiger partial charge is 0.340 e. The van der Waals surface area contributed by atoms with Gasteiger partial charge >= 0.3 is 5.97 Å². The van der Waals surface area contributed by atoms with Gasteiger partial charge in [-0.25, -0.2) is 4.79 Å². The van der Waals surface area contributed by atoms with E-state index in [1.807, 2.05) is 41.1 Å². The van der Waals surface area contributed by atoms with E-state index in [4.69, 9.17) is 10.5 Å². The topological polar surface area (TPSA) is 57.2 Å². The third-order valence-electron chi connectivity index (χ3n) is 3.51. The summed E-state index contributed by atoms with van der Waals surface area (Å²) in [7, 11) is 1.39. The molecular weight excluding hydrogens is 264 g/mol. The molecule has 0 fully saturated rings. The van der Waals surface area contributed by atoms with Crippen molar-refractivity contribution < 1.29 is 9.53 Å². The molecule has 1 heterocycles. The second-order valence-corrected chi connectivity index (χ2v) is 4.92. The molecule has 4 nitrogen and oxygen atoms in total. The lowest BCUT2D eigenvalue weighted by atomic mass is 10.1. The van der Waals surface area contributed by atoms with Gasteiger partial charge in [0.25, 0.3) is 0 Å². The molecule has 2 aromatic carbocycles. The van der Waals surface area contributed by atoms with Crippen LogP contribution in [-0.2, 0) is 11.3 Å². The Hall–Kier alpha value is -2.75. The number of rotatable bonds is 3. The first-order valence-corrected chi connectivity index (χ1v) is 6.69. The lowest BCUT2D eigenvalue weighted by molar-refractivity contribution is 0.0602. The molecule has 0 unspecified atom stereocenters. The largest absolute Gasteiger partial charge is 0.465 e. The molecule has 1 aromatic heterocycles. The van der Waals surface area contributed by atoms with Crippen molar-refractivity contribution in [3.63, 3.8) is 0 Å². The molecule has 0 amide bonds. The lowest BCUT2D eigenvalue weighted by Crippen LogP contribution is -2.01. The van der Waals surface area contributed by atoms with E-state index in [0.717, 1.165) is 16.5 Å². The van der Waals surface area contributed by atoms with Crippen LogP contribution in [0.4, 0.5) is 5.69 Å². The molecule has 0 atom stereocenters. The molecular formula is C17H16N2O2. The number of nitrogen functional groups attached to an aromatic ring is 1. The van der Waals surface area contributed by atoms with Crippen molar-refractivity contribution in [2.45, 2.75) is 6.54 Å². The standard InChI is InChI=1S/C17H16N2O2/c1-21-17(20)15-11-19(10-12-5-3-2-4-6-12)16-9-13(18)7-8-14(15)16/h2-9,11H,10,18H2,1H3. The van der Waals surface area contributed by atoms with Gasteiger partial charge in [-0.3, -0.25) is 0 Å². The number of hydrogen-bond donors (Lipinski definition) is 1. The highest BCUT2D eigenvalue weighted by Crippen LogP contribution is 2.25.